The van der Waals surface area contributed by atoms with E-state index in [1.807, 2.05) is 0 Å². The molecule has 1 aromatic carbocycles. The molecule has 1 amide bonds. The summed E-state index contributed by atoms with van der Waals surface area (Å²) in [6.07, 6.45) is 2.74. The molecule has 1 aromatic heterocycles. The Balaban J connectivity index is 2.09. The fraction of sp³-hybridized carbons (Fsp3) is 0.167. The fourth-order valence-corrected chi connectivity index (χ4v) is 1.59. The minimum atomic E-state index is -1.03. The van der Waals surface area contributed by atoms with E-state index in [1.165, 1.54) is 17.2 Å². The standard InChI is InChI=1S/C12H11FN4O3/c13-20-11(18)5-6-14-12(19)9-3-1-2-4-10(9)17-15-7-8-16-17/h1-4,7-8H,5-6H2,(H,14,19). The topological polar surface area (TPSA) is 86.1 Å². The molecule has 1 heterocycles. The molecule has 0 spiro atoms. The molecular weight excluding hydrogens is 267 g/mol. The van der Waals surface area contributed by atoms with Crippen LogP contribution < -0.4 is 5.32 Å². The van der Waals surface area contributed by atoms with E-state index in [-0.39, 0.29) is 13.0 Å². The average molecular weight is 278 g/mol. The number of para-hydroxylation sites is 1. The van der Waals surface area contributed by atoms with E-state index >= 15 is 0 Å². The summed E-state index contributed by atoms with van der Waals surface area (Å²) in [5.74, 6) is -1.45. The van der Waals surface area contributed by atoms with Crippen LogP contribution in [0.25, 0.3) is 5.69 Å². The van der Waals surface area contributed by atoms with E-state index in [0.29, 0.717) is 11.3 Å². The lowest BCUT2D eigenvalue weighted by molar-refractivity contribution is -0.183. The van der Waals surface area contributed by atoms with Crippen molar-refractivity contribution in [2.75, 3.05) is 6.54 Å². The third kappa shape index (κ3) is 3.16. The molecule has 2 aromatic rings. The zero-order chi connectivity index (χ0) is 14.4. The van der Waals surface area contributed by atoms with Crippen molar-refractivity contribution in [2.24, 2.45) is 0 Å². The van der Waals surface area contributed by atoms with Gasteiger partial charge in [-0.15, -0.1) is 0 Å². The van der Waals surface area contributed by atoms with Crippen LogP contribution >= 0.6 is 0 Å². The molecule has 0 unspecified atom stereocenters. The number of carbonyl (C=O) groups excluding carboxylic acids is 2. The Bertz CT molecular complexity index is 601. The normalized spacial score (nSPS) is 10.1. The van der Waals surface area contributed by atoms with E-state index in [0.717, 1.165) is 0 Å². The van der Waals surface area contributed by atoms with E-state index in [9.17, 15) is 14.1 Å². The van der Waals surface area contributed by atoms with Gasteiger partial charge in [-0.05, 0) is 12.1 Å². The Labute approximate surface area is 113 Å². The second-order valence-corrected chi connectivity index (χ2v) is 3.79. The fourth-order valence-electron chi connectivity index (χ4n) is 1.59. The number of hydrogen-bond donors (Lipinski definition) is 1. The Morgan fingerprint density at radius 3 is 2.65 bits per heavy atom. The molecule has 0 fully saturated rings. The van der Waals surface area contributed by atoms with Crippen LogP contribution in [0.1, 0.15) is 16.8 Å². The molecule has 0 saturated carbocycles. The largest absolute Gasteiger partial charge is 0.351 e. The van der Waals surface area contributed by atoms with Gasteiger partial charge in [0.05, 0.1) is 30.1 Å². The quantitative estimate of drug-likeness (QED) is 0.874. The number of amides is 1. The monoisotopic (exact) mass is 278 g/mol. The van der Waals surface area contributed by atoms with Gasteiger partial charge in [0.25, 0.3) is 5.91 Å². The number of rotatable bonds is 5. The Morgan fingerprint density at radius 2 is 1.95 bits per heavy atom. The summed E-state index contributed by atoms with van der Waals surface area (Å²) in [7, 11) is 0. The summed E-state index contributed by atoms with van der Waals surface area (Å²) in [5.41, 5.74) is 0.848. The number of nitrogens with one attached hydrogen (secondary N) is 1. The first-order valence-electron chi connectivity index (χ1n) is 5.77. The van der Waals surface area contributed by atoms with Crippen molar-refractivity contribution in [2.45, 2.75) is 6.42 Å². The lowest BCUT2D eigenvalue weighted by Crippen LogP contribution is -2.27. The zero-order valence-electron chi connectivity index (χ0n) is 10.3. The maximum absolute atomic E-state index is 12.0. The molecule has 0 aliphatic heterocycles. The van der Waals surface area contributed by atoms with Gasteiger partial charge in [-0.1, -0.05) is 12.1 Å². The SMILES string of the molecule is O=C(CCNC(=O)c1ccccc1-n1nccn1)OF. The van der Waals surface area contributed by atoms with E-state index < -0.39 is 11.9 Å². The van der Waals surface area contributed by atoms with Crippen molar-refractivity contribution in [3.05, 3.63) is 42.2 Å². The van der Waals surface area contributed by atoms with Gasteiger partial charge in [-0.25, -0.2) is 4.79 Å². The Hall–Kier alpha value is -2.77. The van der Waals surface area contributed by atoms with Gasteiger partial charge in [0.15, 0.2) is 0 Å². The maximum atomic E-state index is 12.0. The molecule has 1 N–H and O–H groups in total. The van der Waals surface area contributed by atoms with Crippen molar-refractivity contribution in [1.82, 2.24) is 20.3 Å². The molecule has 7 nitrogen and oxygen atoms in total. The number of carbonyl (C=O) groups is 2. The minimum absolute atomic E-state index is 0.0253. The summed E-state index contributed by atoms with van der Waals surface area (Å²) >= 11 is 0. The lowest BCUT2D eigenvalue weighted by Gasteiger charge is -2.08. The lowest BCUT2D eigenvalue weighted by atomic mass is 10.1. The highest BCUT2D eigenvalue weighted by atomic mass is 19.3. The van der Waals surface area contributed by atoms with Crippen LogP contribution in [0.2, 0.25) is 0 Å². The van der Waals surface area contributed by atoms with Crippen LogP contribution in [0, 0.1) is 0 Å². The summed E-state index contributed by atoms with van der Waals surface area (Å²) in [6, 6.07) is 6.72. The predicted octanol–water partition coefficient (Wildman–Crippen LogP) is 0.815. The molecule has 8 heteroatoms. The number of hydrogen-bond acceptors (Lipinski definition) is 5. The van der Waals surface area contributed by atoms with Gasteiger partial charge in [-0.2, -0.15) is 15.0 Å². The predicted molar refractivity (Wildman–Crippen MR) is 65.5 cm³/mol. The van der Waals surface area contributed by atoms with Crippen LogP contribution in [0.15, 0.2) is 36.7 Å². The van der Waals surface area contributed by atoms with Gasteiger partial charge in [0.1, 0.15) is 0 Å². The first-order chi connectivity index (χ1) is 9.72. The molecule has 104 valence electrons. The Kier molecular flexibility index (Phi) is 4.38. The van der Waals surface area contributed by atoms with Gasteiger partial charge in [0, 0.05) is 11.1 Å². The molecule has 2 rings (SSSR count). The first-order valence-corrected chi connectivity index (χ1v) is 5.77. The van der Waals surface area contributed by atoms with Gasteiger partial charge in [0.2, 0.25) is 0 Å². The molecule has 0 saturated heterocycles. The summed E-state index contributed by atoms with van der Waals surface area (Å²) in [6.45, 7) is -0.0253. The van der Waals surface area contributed by atoms with Crippen molar-refractivity contribution >= 4 is 11.9 Å². The summed E-state index contributed by atoms with van der Waals surface area (Å²) < 4.78 is 11.5. The Morgan fingerprint density at radius 1 is 1.25 bits per heavy atom. The van der Waals surface area contributed by atoms with Gasteiger partial charge >= 0.3 is 5.97 Å². The number of nitrogens with zero attached hydrogens (tertiary/aromatic N) is 3. The smallest absolute Gasteiger partial charge is 0.350 e. The molecule has 0 radical (unpaired) electrons. The zero-order valence-corrected chi connectivity index (χ0v) is 10.3. The average Bonchev–Trinajstić information content (AvgIpc) is 3.01. The number of aromatic nitrogens is 3. The van der Waals surface area contributed by atoms with Crippen LogP contribution in [0.5, 0.6) is 0 Å². The maximum Gasteiger partial charge on any atom is 0.350 e. The summed E-state index contributed by atoms with van der Waals surface area (Å²) in [5, 5.41) is 10.4. The molecule has 0 aliphatic carbocycles. The van der Waals surface area contributed by atoms with Crippen LogP contribution in [-0.2, 0) is 9.74 Å². The highest BCUT2D eigenvalue weighted by Crippen LogP contribution is 2.11. The molecule has 0 aliphatic rings. The van der Waals surface area contributed by atoms with Crippen LogP contribution in [0.3, 0.4) is 0 Å². The highest BCUT2D eigenvalue weighted by Gasteiger charge is 2.13. The third-order valence-electron chi connectivity index (χ3n) is 2.48. The van der Waals surface area contributed by atoms with Crippen molar-refractivity contribution in [3.8, 4) is 5.69 Å². The highest BCUT2D eigenvalue weighted by molar-refractivity contribution is 5.97. The van der Waals surface area contributed by atoms with Crippen molar-refractivity contribution in [3.63, 3.8) is 0 Å². The molecule has 0 atom stereocenters. The molecular formula is C12H11FN4O3. The first kappa shape index (κ1) is 13.7. The van der Waals surface area contributed by atoms with E-state index in [2.05, 4.69) is 20.5 Å². The van der Waals surface area contributed by atoms with Crippen molar-refractivity contribution < 1.29 is 19.1 Å². The van der Waals surface area contributed by atoms with Crippen LogP contribution in [-0.4, -0.2) is 33.4 Å². The third-order valence-corrected chi connectivity index (χ3v) is 2.48. The summed E-state index contributed by atoms with van der Waals surface area (Å²) in [4.78, 5) is 26.9. The second kappa shape index (κ2) is 6.41. The van der Waals surface area contributed by atoms with Crippen molar-refractivity contribution in [1.29, 1.82) is 0 Å². The van der Waals surface area contributed by atoms with Crippen LogP contribution in [0.4, 0.5) is 4.53 Å². The van der Waals surface area contributed by atoms with Gasteiger partial charge < -0.3 is 5.32 Å². The number of halogens is 1. The molecule has 20 heavy (non-hydrogen) atoms. The second-order valence-electron chi connectivity index (χ2n) is 3.79. The number of benzene rings is 1. The van der Waals surface area contributed by atoms with Gasteiger partial charge in [-0.3, -0.25) is 9.74 Å². The minimum Gasteiger partial charge on any atom is -0.351 e. The van der Waals surface area contributed by atoms with E-state index in [1.54, 1.807) is 24.3 Å². The van der Waals surface area contributed by atoms with E-state index in [4.69, 9.17) is 0 Å². The molecule has 0 bridgehead atoms.